The lowest BCUT2D eigenvalue weighted by Gasteiger charge is -2.25. The maximum atomic E-state index is 11.5. The number of Topliss-reactive ketones (excluding diaryl/α,β-unsaturated/α-hetero) is 1. The van der Waals surface area contributed by atoms with E-state index in [-0.39, 0.29) is 0 Å². The average Bonchev–Trinajstić information content (AvgIpc) is 2.29. The van der Waals surface area contributed by atoms with E-state index in [1.54, 1.807) is 0 Å². The highest BCUT2D eigenvalue weighted by Gasteiger charge is 2.37. The zero-order valence-corrected chi connectivity index (χ0v) is 8.12. The Hall–Kier alpha value is -0.410. The van der Waals surface area contributed by atoms with Crippen LogP contribution >= 0.6 is 0 Å². The first kappa shape index (κ1) is 10.7. The van der Waals surface area contributed by atoms with Crippen LogP contribution in [-0.2, 0) is 4.79 Å². The van der Waals surface area contributed by atoms with E-state index < -0.39 is 17.5 Å². The molecule has 1 unspecified atom stereocenters. The third-order valence-corrected chi connectivity index (χ3v) is 2.77. The zero-order valence-electron chi connectivity index (χ0n) is 8.12. The first-order valence-corrected chi connectivity index (χ1v) is 5.01. The van der Waals surface area contributed by atoms with Gasteiger partial charge in [0.25, 0.3) is 0 Å². The summed E-state index contributed by atoms with van der Waals surface area (Å²) in [5.41, 5.74) is -1.25. The fraction of sp³-hybridized carbons (Fsp3) is 0.900. The summed E-state index contributed by atoms with van der Waals surface area (Å²) in [5, 5.41) is 19.1. The second-order valence-corrected chi connectivity index (χ2v) is 3.99. The lowest BCUT2D eigenvalue weighted by Crippen LogP contribution is -2.43. The van der Waals surface area contributed by atoms with Gasteiger partial charge in [-0.3, -0.25) is 4.79 Å². The minimum atomic E-state index is -1.25. The quantitative estimate of drug-likeness (QED) is 0.633. The molecule has 0 saturated heterocycles. The van der Waals surface area contributed by atoms with Crippen molar-refractivity contribution >= 4 is 5.78 Å². The van der Waals surface area contributed by atoms with Crippen LogP contribution in [0.3, 0.4) is 0 Å². The highest BCUT2D eigenvalue weighted by molar-refractivity contribution is 5.90. The van der Waals surface area contributed by atoms with Crippen LogP contribution in [0, 0.1) is 0 Å². The van der Waals surface area contributed by atoms with Crippen molar-refractivity contribution < 1.29 is 15.0 Å². The lowest BCUT2D eigenvalue weighted by atomic mass is 9.87. The van der Waals surface area contributed by atoms with Crippen molar-refractivity contribution in [3.8, 4) is 0 Å². The molecule has 0 aromatic rings. The molecule has 0 aromatic carbocycles. The van der Waals surface area contributed by atoms with Gasteiger partial charge in [0.1, 0.15) is 11.7 Å². The summed E-state index contributed by atoms with van der Waals surface area (Å²) in [6, 6.07) is 0. The van der Waals surface area contributed by atoms with Crippen molar-refractivity contribution in [3.63, 3.8) is 0 Å². The molecule has 76 valence electrons. The molecule has 0 aromatic heterocycles. The van der Waals surface area contributed by atoms with Gasteiger partial charge in [0.2, 0.25) is 0 Å². The molecule has 0 spiro atoms. The molecule has 1 aliphatic rings. The summed E-state index contributed by atoms with van der Waals surface area (Å²) < 4.78 is 0. The van der Waals surface area contributed by atoms with E-state index in [0.29, 0.717) is 12.8 Å². The standard InChI is InChI=1S/C10H18O3/c1-8(11)9(12)10(13)6-4-2-3-5-7-10/h8,11,13H,2-7H2,1H3. The molecule has 0 aliphatic heterocycles. The zero-order chi connectivity index (χ0) is 9.90. The van der Waals surface area contributed by atoms with E-state index in [4.69, 9.17) is 5.11 Å². The van der Waals surface area contributed by atoms with E-state index in [1.807, 2.05) is 0 Å². The summed E-state index contributed by atoms with van der Waals surface area (Å²) in [4.78, 5) is 11.5. The largest absolute Gasteiger partial charge is 0.385 e. The smallest absolute Gasteiger partial charge is 0.192 e. The van der Waals surface area contributed by atoms with Crippen molar-refractivity contribution in [2.75, 3.05) is 0 Å². The van der Waals surface area contributed by atoms with E-state index in [0.717, 1.165) is 25.7 Å². The molecule has 2 N–H and O–H groups in total. The first-order chi connectivity index (χ1) is 6.06. The molecule has 0 heterocycles. The third-order valence-electron chi connectivity index (χ3n) is 2.77. The van der Waals surface area contributed by atoms with Crippen molar-refractivity contribution in [3.05, 3.63) is 0 Å². The highest BCUT2D eigenvalue weighted by atomic mass is 16.3. The number of hydrogen-bond acceptors (Lipinski definition) is 3. The fourth-order valence-electron chi connectivity index (χ4n) is 1.95. The number of aliphatic hydroxyl groups excluding tert-OH is 1. The van der Waals surface area contributed by atoms with Crippen molar-refractivity contribution in [2.24, 2.45) is 0 Å². The number of ketones is 1. The molecule has 1 rings (SSSR count). The fourth-order valence-corrected chi connectivity index (χ4v) is 1.95. The summed E-state index contributed by atoms with van der Waals surface area (Å²) in [7, 11) is 0. The Morgan fingerprint density at radius 3 is 2.08 bits per heavy atom. The topological polar surface area (TPSA) is 57.5 Å². The van der Waals surface area contributed by atoms with Gasteiger partial charge in [0.15, 0.2) is 5.78 Å². The molecule has 1 aliphatic carbocycles. The summed E-state index contributed by atoms with van der Waals surface area (Å²) in [5.74, 6) is -0.408. The molecule has 3 nitrogen and oxygen atoms in total. The minimum Gasteiger partial charge on any atom is -0.385 e. The average molecular weight is 186 g/mol. The second kappa shape index (κ2) is 4.20. The van der Waals surface area contributed by atoms with Crippen LogP contribution in [0.5, 0.6) is 0 Å². The summed E-state index contributed by atoms with van der Waals surface area (Å²) in [6.07, 6.45) is 3.91. The first-order valence-electron chi connectivity index (χ1n) is 5.01. The predicted molar refractivity (Wildman–Crippen MR) is 49.3 cm³/mol. The Kier molecular flexibility index (Phi) is 3.45. The van der Waals surface area contributed by atoms with Crippen molar-refractivity contribution in [1.82, 2.24) is 0 Å². The summed E-state index contributed by atoms with van der Waals surface area (Å²) >= 11 is 0. The molecule has 0 amide bonds. The van der Waals surface area contributed by atoms with Crippen LogP contribution in [0.1, 0.15) is 45.4 Å². The van der Waals surface area contributed by atoms with Gasteiger partial charge in [-0.2, -0.15) is 0 Å². The number of carbonyl (C=O) groups excluding carboxylic acids is 1. The molecular formula is C10H18O3. The Bertz CT molecular complexity index is 179. The normalized spacial score (nSPS) is 24.8. The SMILES string of the molecule is CC(O)C(=O)C1(O)CCCCCC1. The van der Waals surface area contributed by atoms with Crippen LogP contribution in [0.2, 0.25) is 0 Å². The maximum Gasteiger partial charge on any atom is 0.192 e. The Morgan fingerprint density at radius 2 is 1.69 bits per heavy atom. The molecule has 3 heteroatoms. The van der Waals surface area contributed by atoms with Gasteiger partial charge in [-0.05, 0) is 19.8 Å². The van der Waals surface area contributed by atoms with Crippen LogP contribution in [0.4, 0.5) is 0 Å². The van der Waals surface area contributed by atoms with Gasteiger partial charge in [-0.15, -0.1) is 0 Å². The van der Waals surface area contributed by atoms with Crippen molar-refractivity contribution in [1.29, 1.82) is 0 Å². The third kappa shape index (κ3) is 2.51. The summed E-state index contributed by atoms with van der Waals surface area (Å²) in [6.45, 7) is 1.42. The molecular weight excluding hydrogens is 168 g/mol. The van der Waals surface area contributed by atoms with E-state index in [2.05, 4.69) is 0 Å². The predicted octanol–water partition coefficient (Wildman–Crippen LogP) is 1.02. The Morgan fingerprint density at radius 1 is 1.23 bits per heavy atom. The van der Waals surface area contributed by atoms with Crippen molar-refractivity contribution in [2.45, 2.75) is 57.2 Å². The number of aliphatic hydroxyl groups is 2. The van der Waals surface area contributed by atoms with Gasteiger partial charge in [0, 0.05) is 0 Å². The molecule has 1 fully saturated rings. The van der Waals surface area contributed by atoms with E-state index >= 15 is 0 Å². The maximum absolute atomic E-state index is 11.5. The Balaban J connectivity index is 2.66. The van der Waals surface area contributed by atoms with Gasteiger partial charge in [-0.25, -0.2) is 0 Å². The minimum absolute atomic E-state index is 0.408. The van der Waals surface area contributed by atoms with Gasteiger partial charge in [-0.1, -0.05) is 25.7 Å². The lowest BCUT2D eigenvalue weighted by molar-refractivity contribution is -0.146. The molecule has 0 bridgehead atoms. The second-order valence-electron chi connectivity index (χ2n) is 3.99. The monoisotopic (exact) mass is 186 g/mol. The molecule has 1 atom stereocenters. The van der Waals surface area contributed by atoms with Gasteiger partial charge < -0.3 is 10.2 Å². The number of hydrogen-bond donors (Lipinski definition) is 2. The number of rotatable bonds is 2. The van der Waals surface area contributed by atoms with Gasteiger partial charge in [0.05, 0.1) is 0 Å². The highest BCUT2D eigenvalue weighted by Crippen LogP contribution is 2.28. The van der Waals surface area contributed by atoms with Crippen LogP contribution in [0.25, 0.3) is 0 Å². The molecule has 13 heavy (non-hydrogen) atoms. The van der Waals surface area contributed by atoms with Crippen LogP contribution in [-0.4, -0.2) is 27.7 Å². The van der Waals surface area contributed by atoms with E-state index in [9.17, 15) is 9.90 Å². The van der Waals surface area contributed by atoms with Gasteiger partial charge >= 0.3 is 0 Å². The molecule has 1 saturated carbocycles. The van der Waals surface area contributed by atoms with Crippen LogP contribution < -0.4 is 0 Å². The van der Waals surface area contributed by atoms with Crippen LogP contribution in [0.15, 0.2) is 0 Å². The Labute approximate surface area is 78.8 Å². The van der Waals surface area contributed by atoms with E-state index in [1.165, 1.54) is 6.92 Å². The number of carbonyl (C=O) groups is 1. The molecule has 0 radical (unpaired) electrons.